The van der Waals surface area contributed by atoms with E-state index in [1.54, 1.807) is 49.7 Å². The van der Waals surface area contributed by atoms with Gasteiger partial charge in [-0.05, 0) is 43.7 Å². The minimum absolute atomic E-state index is 0.246. The van der Waals surface area contributed by atoms with E-state index in [-0.39, 0.29) is 11.4 Å². The lowest BCUT2D eigenvalue weighted by atomic mass is 10.1. The standard InChI is InChI=1S/C30H29ClN6O3S/c1-20-9-12-23(13-10-20)41(38,39)34-17-6-16-32-30-33-18-15-25(35-30)28-27(22-11-14-24(31)26(19-22)40-2)36-29(37-28)21-7-4-3-5-8-21/h3-5,7-15,18-19,34H,6,16-17H2,1-2H3,(H,36,37)(H,32,33,35). The van der Waals surface area contributed by atoms with Crippen LogP contribution in [0.15, 0.2) is 90.0 Å². The number of methoxy groups -OCH3 is 1. The van der Waals surface area contributed by atoms with Crippen molar-refractivity contribution in [3.05, 3.63) is 95.6 Å². The fourth-order valence-corrected chi connectivity index (χ4v) is 5.46. The normalized spacial score (nSPS) is 11.4. The van der Waals surface area contributed by atoms with Crippen LogP contribution in [0.4, 0.5) is 5.95 Å². The van der Waals surface area contributed by atoms with E-state index in [4.69, 9.17) is 26.3 Å². The van der Waals surface area contributed by atoms with E-state index in [2.05, 4.69) is 20.0 Å². The highest BCUT2D eigenvalue weighted by atomic mass is 35.5. The van der Waals surface area contributed by atoms with Gasteiger partial charge in [0.25, 0.3) is 0 Å². The van der Waals surface area contributed by atoms with Crippen LogP contribution in [0.1, 0.15) is 12.0 Å². The molecule has 2 heterocycles. The van der Waals surface area contributed by atoms with Gasteiger partial charge in [0.15, 0.2) is 0 Å². The molecule has 3 aromatic carbocycles. The van der Waals surface area contributed by atoms with Crippen LogP contribution >= 0.6 is 11.6 Å². The number of benzene rings is 3. The molecule has 0 radical (unpaired) electrons. The SMILES string of the molecule is COc1cc(-c2nc(-c3ccccc3)[nH]c2-c2ccnc(NCCCNS(=O)(=O)c3ccc(C)cc3)n2)ccc1Cl. The molecule has 0 unspecified atom stereocenters. The topological polar surface area (TPSA) is 122 Å². The molecule has 0 aliphatic heterocycles. The maximum Gasteiger partial charge on any atom is 0.240 e. The third kappa shape index (κ3) is 6.74. The third-order valence-electron chi connectivity index (χ3n) is 6.35. The summed E-state index contributed by atoms with van der Waals surface area (Å²) in [6.07, 6.45) is 2.21. The van der Waals surface area contributed by atoms with Crippen molar-refractivity contribution in [2.24, 2.45) is 0 Å². The molecule has 9 nitrogen and oxygen atoms in total. The number of nitrogens with one attached hydrogen (secondary N) is 3. The number of anilines is 1. The van der Waals surface area contributed by atoms with E-state index in [0.29, 0.717) is 52.6 Å². The fourth-order valence-electron chi connectivity index (χ4n) is 4.19. The number of aromatic amines is 1. The molecule has 5 aromatic rings. The molecule has 0 saturated carbocycles. The molecule has 0 aliphatic rings. The molecule has 0 aliphatic carbocycles. The number of imidazole rings is 1. The molecule has 2 aromatic heterocycles. The van der Waals surface area contributed by atoms with Crippen molar-refractivity contribution < 1.29 is 13.2 Å². The summed E-state index contributed by atoms with van der Waals surface area (Å²) >= 11 is 6.28. The summed E-state index contributed by atoms with van der Waals surface area (Å²) < 4.78 is 33.1. The summed E-state index contributed by atoms with van der Waals surface area (Å²) in [6, 6.07) is 23.9. The van der Waals surface area contributed by atoms with Gasteiger partial charge >= 0.3 is 0 Å². The molecule has 0 fully saturated rings. The number of nitrogens with zero attached hydrogens (tertiary/aromatic N) is 3. The largest absolute Gasteiger partial charge is 0.495 e. The molecule has 0 saturated heterocycles. The first-order valence-corrected chi connectivity index (χ1v) is 14.8. The van der Waals surface area contributed by atoms with E-state index in [1.807, 2.05) is 49.4 Å². The van der Waals surface area contributed by atoms with Crippen LogP contribution in [0.2, 0.25) is 5.02 Å². The zero-order valence-electron chi connectivity index (χ0n) is 22.6. The molecule has 0 atom stereocenters. The minimum atomic E-state index is -3.56. The zero-order valence-corrected chi connectivity index (χ0v) is 24.1. The lowest BCUT2D eigenvalue weighted by Gasteiger charge is -2.09. The van der Waals surface area contributed by atoms with Gasteiger partial charge in [-0.2, -0.15) is 0 Å². The van der Waals surface area contributed by atoms with E-state index in [9.17, 15) is 8.42 Å². The van der Waals surface area contributed by atoms with Gasteiger partial charge in [0.1, 0.15) is 11.6 Å². The van der Waals surface area contributed by atoms with Gasteiger partial charge in [-0.15, -0.1) is 0 Å². The Balaban J connectivity index is 1.33. The van der Waals surface area contributed by atoms with Crippen LogP contribution < -0.4 is 14.8 Å². The summed E-state index contributed by atoms with van der Waals surface area (Å²) in [4.78, 5) is 17.6. The van der Waals surface area contributed by atoms with Crippen LogP contribution in [0, 0.1) is 6.92 Å². The lowest BCUT2D eigenvalue weighted by molar-refractivity contribution is 0.415. The number of hydrogen-bond donors (Lipinski definition) is 3. The van der Waals surface area contributed by atoms with Gasteiger partial charge in [0.2, 0.25) is 16.0 Å². The Morgan fingerprint density at radius 3 is 2.46 bits per heavy atom. The van der Waals surface area contributed by atoms with Crippen molar-refractivity contribution in [2.75, 3.05) is 25.5 Å². The first-order chi connectivity index (χ1) is 19.8. The van der Waals surface area contributed by atoms with Crippen LogP contribution in [0.25, 0.3) is 34.0 Å². The summed E-state index contributed by atoms with van der Waals surface area (Å²) in [5, 5.41) is 3.69. The van der Waals surface area contributed by atoms with Crippen LogP contribution in [-0.2, 0) is 10.0 Å². The summed E-state index contributed by atoms with van der Waals surface area (Å²) in [5.74, 6) is 1.65. The Labute approximate surface area is 244 Å². The van der Waals surface area contributed by atoms with E-state index >= 15 is 0 Å². The van der Waals surface area contributed by atoms with Crippen molar-refractivity contribution in [1.82, 2.24) is 24.7 Å². The minimum Gasteiger partial charge on any atom is -0.495 e. The van der Waals surface area contributed by atoms with Gasteiger partial charge in [-0.3, -0.25) is 0 Å². The number of ether oxygens (including phenoxy) is 1. The van der Waals surface area contributed by atoms with Crippen LogP contribution in [0.5, 0.6) is 5.75 Å². The molecule has 0 bridgehead atoms. The molecule has 210 valence electrons. The Kier molecular flexibility index (Phi) is 8.63. The monoisotopic (exact) mass is 588 g/mol. The molecule has 3 N–H and O–H groups in total. The number of aromatic nitrogens is 4. The molecule has 0 spiro atoms. The molecule has 41 heavy (non-hydrogen) atoms. The highest BCUT2D eigenvalue weighted by molar-refractivity contribution is 7.89. The maximum atomic E-state index is 12.5. The maximum absolute atomic E-state index is 12.5. The van der Waals surface area contributed by atoms with Gasteiger partial charge < -0.3 is 15.0 Å². The second-order valence-electron chi connectivity index (χ2n) is 9.28. The van der Waals surface area contributed by atoms with E-state index in [0.717, 1.165) is 16.7 Å². The molecule has 0 amide bonds. The predicted molar refractivity (Wildman–Crippen MR) is 162 cm³/mol. The third-order valence-corrected chi connectivity index (χ3v) is 8.14. The van der Waals surface area contributed by atoms with Gasteiger partial charge in [0, 0.05) is 30.4 Å². The van der Waals surface area contributed by atoms with Crippen LogP contribution in [-0.4, -0.2) is 48.6 Å². The average Bonchev–Trinajstić information content (AvgIpc) is 3.44. The Morgan fingerprint density at radius 2 is 1.71 bits per heavy atom. The average molecular weight is 589 g/mol. The van der Waals surface area contributed by atoms with E-state index in [1.165, 1.54) is 0 Å². The van der Waals surface area contributed by atoms with Crippen molar-refractivity contribution in [3.8, 4) is 39.8 Å². The Morgan fingerprint density at radius 1 is 0.927 bits per heavy atom. The highest BCUT2D eigenvalue weighted by Crippen LogP contribution is 2.36. The van der Waals surface area contributed by atoms with Crippen molar-refractivity contribution >= 4 is 27.6 Å². The number of H-pyrrole nitrogens is 1. The number of hydrogen-bond acceptors (Lipinski definition) is 7. The molecular formula is C30H29ClN6O3S. The quantitative estimate of drug-likeness (QED) is 0.163. The van der Waals surface area contributed by atoms with Gasteiger partial charge in [0.05, 0.1) is 34.1 Å². The van der Waals surface area contributed by atoms with Gasteiger partial charge in [-0.25, -0.2) is 28.1 Å². The second-order valence-corrected chi connectivity index (χ2v) is 11.5. The van der Waals surface area contributed by atoms with Crippen molar-refractivity contribution in [2.45, 2.75) is 18.2 Å². The molecular weight excluding hydrogens is 560 g/mol. The van der Waals surface area contributed by atoms with Crippen molar-refractivity contribution in [1.29, 1.82) is 0 Å². The summed E-state index contributed by atoms with van der Waals surface area (Å²) in [5.41, 5.74) is 4.79. The number of aryl methyl sites for hydroxylation is 1. The van der Waals surface area contributed by atoms with Gasteiger partial charge in [-0.1, -0.05) is 65.7 Å². The van der Waals surface area contributed by atoms with E-state index < -0.39 is 10.0 Å². The molecule has 11 heteroatoms. The first-order valence-electron chi connectivity index (χ1n) is 13.0. The number of rotatable bonds is 11. The van der Waals surface area contributed by atoms with Crippen LogP contribution in [0.3, 0.4) is 0 Å². The summed E-state index contributed by atoms with van der Waals surface area (Å²) in [7, 11) is -1.99. The molecule has 5 rings (SSSR count). The number of halogens is 1. The highest BCUT2D eigenvalue weighted by Gasteiger charge is 2.18. The predicted octanol–water partition coefficient (Wildman–Crippen LogP) is 5.95. The first kappa shape index (κ1) is 28.3. The zero-order chi connectivity index (χ0) is 28.8. The second kappa shape index (κ2) is 12.5. The smallest absolute Gasteiger partial charge is 0.240 e. The van der Waals surface area contributed by atoms with Crippen molar-refractivity contribution in [3.63, 3.8) is 0 Å². The number of sulfonamides is 1. The fraction of sp³-hybridized carbons (Fsp3) is 0.167. The summed E-state index contributed by atoms with van der Waals surface area (Å²) in [6.45, 7) is 2.66. The Bertz CT molecular complexity index is 1740. The Hall–Kier alpha value is -4.25. The lowest BCUT2D eigenvalue weighted by Crippen LogP contribution is -2.26.